The minimum Gasteiger partial charge on any atom is -0.496 e. The van der Waals surface area contributed by atoms with Crippen LogP contribution in [0.15, 0.2) is 66.7 Å². The summed E-state index contributed by atoms with van der Waals surface area (Å²) in [4.78, 5) is 38.2. The zero-order valence-corrected chi connectivity index (χ0v) is 25.9. The first kappa shape index (κ1) is 30.8. The van der Waals surface area contributed by atoms with E-state index in [1.165, 1.54) is 19.1 Å². The molecule has 8 nitrogen and oxygen atoms in total. The summed E-state index contributed by atoms with van der Waals surface area (Å²) in [6.45, 7) is -0.00968. The smallest absolute Gasteiger partial charge is 0.337 e. The van der Waals surface area contributed by atoms with Crippen molar-refractivity contribution in [2.75, 3.05) is 20.8 Å². The predicted octanol–water partition coefficient (Wildman–Crippen LogP) is 5.75. The van der Waals surface area contributed by atoms with Gasteiger partial charge in [0.25, 0.3) is 0 Å². The zero-order chi connectivity index (χ0) is 31.6. The van der Waals surface area contributed by atoms with Gasteiger partial charge in [0.1, 0.15) is 24.7 Å². The Bertz CT molecular complexity index is 1560. The molecule has 2 unspecified atom stereocenters. The molecular weight excluding hydrogens is 572 g/mol. The highest BCUT2D eigenvalue weighted by Crippen LogP contribution is 2.66. The maximum absolute atomic E-state index is 13.8. The summed E-state index contributed by atoms with van der Waals surface area (Å²) < 4.78 is 22.0. The van der Waals surface area contributed by atoms with Crippen molar-refractivity contribution in [3.05, 3.63) is 94.5 Å². The summed E-state index contributed by atoms with van der Waals surface area (Å²) in [5, 5.41) is 9.52. The lowest BCUT2D eigenvalue weighted by Gasteiger charge is -2.61. The average molecular weight is 613 g/mol. The number of rotatable bonds is 12. The average Bonchev–Trinajstić information content (AvgIpc) is 3.05. The van der Waals surface area contributed by atoms with Crippen molar-refractivity contribution in [1.82, 2.24) is 0 Å². The SMILES string of the molecule is COC(=O)c1cccc(CC(=O)COc2ccc(C34CC5CC(CC(C(=O)OCc6ccc(CO)c(OC)c6)(C5)C3)C4)cc2)c1. The van der Waals surface area contributed by atoms with E-state index in [-0.39, 0.29) is 43.4 Å². The third-order valence-corrected chi connectivity index (χ3v) is 10.0. The quantitative estimate of drug-likeness (QED) is 0.258. The fourth-order valence-electron chi connectivity index (χ4n) is 8.42. The van der Waals surface area contributed by atoms with Gasteiger partial charge in [-0.1, -0.05) is 36.4 Å². The number of methoxy groups -OCH3 is 2. The number of hydrogen-bond donors (Lipinski definition) is 1. The second-order valence-electron chi connectivity index (χ2n) is 13.1. The van der Waals surface area contributed by atoms with Gasteiger partial charge in [0.2, 0.25) is 0 Å². The Morgan fingerprint density at radius 1 is 0.889 bits per heavy atom. The van der Waals surface area contributed by atoms with E-state index in [9.17, 15) is 19.5 Å². The van der Waals surface area contributed by atoms with Gasteiger partial charge in [-0.3, -0.25) is 9.59 Å². The molecule has 1 N–H and O–H groups in total. The zero-order valence-electron chi connectivity index (χ0n) is 25.9. The van der Waals surface area contributed by atoms with Gasteiger partial charge in [0.05, 0.1) is 31.8 Å². The van der Waals surface area contributed by atoms with Crippen molar-refractivity contribution in [2.45, 2.75) is 63.6 Å². The highest BCUT2D eigenvalue weighted by molar-refractivity contribution is 5.90. The molecule has 0 aliphatic heterocycles. The van der Waals surface area contributed by atoms with Crippen LogP contribution in [0.5, 0.6) is 11.5 Å². The first-order chi connectivity index (χ1) is 21.7. The monoisotopic (exact) mass is 612 g/mol. The summed E-state index contributed by atoms with van der Waals surface area (Å²) in [6.07, 6.45) is 6.01. The highest BCUT2D eigenvalue weighted by Gasteiger charge is 2.61. The first-order valence-corrected chi connectivity index (χ1v) is 15.6. The third-order valence-electron chi connectivity index (χ3n) is 10.0. The van der Waals surface area contributed by atoms with Gasteiger partial charge in [-0.25, -0.2) is 4.79 Å². The van der Waals surface area contributed by atoms with E-state index in [2.05, 4.69) is 12.1 Å². The van der Waals surface area contributed by atoms with E-state index < -0.39 is 11.4 Å². The first-order valence-electron chi connectivity index (χ1n) is 15.6. The van der Waals surface area contributed by atoms with Crippen LogP contribution in [-0.2, 0) is 44.1 Å². The number of aliphatic hydroxyl groups excluding tert-OH is 1. The van der Waals surface area contributed by atoms with Gasteiger partial charge in [-0.15, -0.1) is 0 Å². The molecule has 3 aromatic carbocycles. The molecule has 4 bridgehead atoms. The molecule has 0 heterocycles. The van der Waals surface area contributed by atoms with Crippen molar-refractivity contribution in [1.29, 1.82) is 0 Å². The number of esters is 2. The minimum atomic E-state index is -0.480. The molecule has 7 rings (SSSR count). The van der Waals surface area contributed by atoms with Gasteiger partial charge in [-0.05, 0) is 103 Å². The summed E-state index contributed by atoms with van der Waals surface area (Å²) in [7, 11) is 2.89. The Kier molecular flexibility index (Phi) is 8.69. The molecule has 0 amide bonds. The molecule has 0 spiro atoms. The second kappa shape index (κ2) is 12.7. The molecule has 0 radical (unpaired) electrons. The topological polar surface area (TPSA) is 108 Å². The largest absolute Gasteiger partial charge is 0.496 e. The van der Waals surface area contributed by atoms with Crippen molar-refractivity contribution in [3.8, 4) is 11.5 Å². The van der Waals surface area contributed by atoms with Crippen LogP contribution in [0, 0.1) is 17.3 Å². The van der Waals surface area contributed by atoms with Crippen LogP contribution in [0.3, 0.4) is 0 Å². The number of ether oxygens (including phenoxy) is 4. The van der Waals surface area contributed by atoms with Crippen LogP contribution in [0.4, 0.5) is 0 Å². The van der Waals surface area contributed by atoms with Gasteiger partial charge in [-0.2, -0.15) is 0 Å². The van der Waals surface area contributed by atoms with E-state index in [0.717, 1.165) is 43.2 Å². The molecular formula is C37H40O8. The Morgan fingerprint density at radius 2 is 1.64 bits per heavy atom. The van der Waals surface area contributed by atoms with Crippen molar-refractivity contribution in [3.63, 3.8) is 0 Å². The number of hydrogen-bond acceptors (Lipinski definition) is 8. The summed E-state index contributed by atoms with van der Waals surface area (Å²) in [6, 6.07) is 20.4. The molecule has 4 saturated carbocycles. The van der Waals surface area contributed by atoms with Crippen LogP contribution in [0.2, 0.25) is 0 Å². The summed E-state index contributed by atoms with van der Waals surface area (Å²) in [5.74, 6) is 1.56. The van der Waals surface area contributed by atoms with Crippen LogP contribution >= 0.6 is 0 Å². The lowest BCUT2D eigenvalue weighted by atomic mass is 9.43. The van der Waals surface area contributed by atoms with E-state index in [4.69, 9.17) is 18.9 Å². The highest BCUT2D eigenvalue weighted by atomic mass is 16.5. The minimum absolute atomic E-state index is 0.0688. The third kappa shape index (κ3) is 6.34. The summed E-state index contributed by atoms with van der Waals surface area (Å²) in [5.41, 5.74) is 3.34. The van der Waals surface area contributed by atoms with E-state index in [0.29, 0.717) is 34.5 Å². The molecule has 236 valence electrons. The number of carbonyl (C=O) groups excluding carboxylic acids is 3. The van der Waals surface area contributed by atoms with E-state index in [1.807, 2.05) is 24.3 Å². The molecule has 8 heteroatoms. The standard InChI is InChI=1S/C37H40O8/c1-42-33-15-25(6-7-29(33)20-38)21-45-35(41)37-18-26-12-27(19-37)17-36(16-26,23-37)30-8-10-32(11-9-30)44-22-31(39)14-24-4-3-5-28(13-24)34(40)43-2/h3-11,13,15,26-27,38H,12,14,16-23H2,1-2H3. The molecule has 0 aromatic heterocycles. The fourth-order valence-corrected chi connectivity index (χ4v) is 8.42. The van der Waals surface area contributed by atoms with Gasteiger partial charge in [0, 0.05) is 12.0 Å². The van der Waals surface area contributed by atoms with Crippen LogP contribution < -0.4 is 9.47 Å². The maximum Gasteiger partial charge on any atom is 0.337 e. The van der Waals surface area contributed by atoms with Crippen molar-refractivity contribution < 1.29 is 38.4 Å². The number of ketones is 1. The van der Waals surface area contributed by atoms with Crippen LogP contribution in [0.25, 0.3) is 0 Å². The normalized spacial score (nSPS) is 24.6. The second-order valence-corrected chi connectivity index (χ2v) is 13.1. The van der Waals surface area contributed by atoms with Gasteiger partial charge in [0.15, 0.2) is 5.78 Å². The Balaban J connectivity index is 1.09. The summed E-state index contributed by atoms with van der Waals surface area (Å²) >= 11 is 0. The Labute approximate surface area is 263 Å². The number of Topliss-reactive ketones (excluding diaryl/α,β-unsaturated/α-hetero) is 1. The Morgan fingerprint density at radius 3 is 2.33 bits per heavy atom. The maximum atomic E-state index is 13.8. The van der Waals surface area contributed by atoms with Gasteiger partial charge >= 0.3 is 11.9 Å². The molecule has 4 aliphatic carbocycles. The number of aliphatic hydroxyl groups is 1. The molecule has 45 heavy (non-hydrogen) atoms. The van der Waals surface area contributed by atoms with Crippen molar-refractivity contribution >= 4 is 17.7 Å². The molecule has 4 fully saturated rings. The fraction of sp³-hybridized carbons (Fsp3) is 0.432. The molecule has 3 aromatic rings. The molecule has 2 atom stereocenters. The lowest BCUT2D eigenvalue weighted by molar-refractivity contribution is -0.175. The van der Waals surface area contributed by atoms with E-state index in [1.54, 1.807) is 37.4 Å². The number of benzene rings is 3. The predicted molar refractivity (Wildman–Crippen MR) is 166 cm³/mol. The van der Waals surface area contributed by atoms with Crippen molar-refractivity contribution in [2.24, 2.45) is 17.3 Å². The van der Waals surface area contributed by atoms with Crippen LogP contribution in [-0.4, -0.2) is 43.7 Å². The Hall–Kier alpha value is -4.17. The van der Waals surface area contributed by atoms with E-state index >= 15 is 0 Å². The molecule has 0 saturated heterocycles. The lowest BCUT2D eigenvalue weighted by Crippen LogP contribution is -2.57. The van der Waals surface area contributed by atoms with Crippen LogP contribution in [0.1, 0.15) is 71.1 Å². The van der Waals surface area contributed by atoms with Gasteiger partial charge < -0.3 is 24.1 Å². The number of carbonyl (C=O) groups is 3. The molecule has 4 aliphatic rings.